The summed E-state index contributed by atoms with van der Waals surface area (Å²) >= 11 is 0. The lowest BCUT2D eigenvalue weighted by Gasteiger charge is -2.16. The predicted octanol–water partition coefficient (Wildman–Crippen LogP) is 2.77. The van der Waals surface area contributed by atoms with E-state index in [0.717, 1.165) is 6.07 Å². The van der Waals surface area contributed by atoms with Gasteiger partial charge in [-0.25, -0.2) is 4.39 Å². The Morgan fingerprint density at radius 3 is 2.59 bits per heavy atom. The molecular weight excluding hydrogens is 285 g/mol. The second-order valence-corrected chi connectivity index (χ2v) is 5.27. The van der Waals surface area contributed by atoms with E-state index in [1.807, 2.05) is 6.07 Å². The Balaban J connectivity index is 1.81. The second kappa shape index (κ2) is 5.60. The zero-order valence-corrected chi connectivity index (χ0v) is 11.7. The van der Waals surface area contributed by atoms with Crippen LogP contribution in [0, 0.1) is 11.7 Å². The third-order valence-electron chi connectivity index (χ3n) is 3.80. The van der Waals surface area contributed by atoms with Crippen molar-refractivity contribution in [2.75, 3.05) is 11.4 Å². The normalized spacial score (nSPS) is 17.8. The van der Waals surface area contributed by atoms with Crippen molar-refractivity contribution in [2.24, 2.45) is 5.92 Å². The number of hydrogen-bond donors (Lipinski definition) is 1. The highest BCUT2D eigenvalue weighted by atomic mass is 19.1. The van der Waals surface area contributed by atoms with Crippen LogP contribution in [-0.2, 0) is 4.79 Å². The van der Waals surface area contributed by atoms with E-state index in [4.69, 9.17) is 0 Å². The van der Waals surface area contributed by atoms with Crippen molar-refractivity contribution in [3.05, 3.63) is 59.9 Å². The maximum Gasteiger partial charge on any atom is 0.227 e. The van der Waals surface area contributed by atoms with Gasteiger partial charge < -0.3 is 10.0 Å². The molecule has 2 aromatic carbocycles. The molecule has 5 heteroatoms. The monoisotopic (exact) mass is 299 g/mol. The molecule has 0 radical (unpaired) electrons. The third-order valence-corrected chi connectivity index (χ3v) is 3.80. The fourth-order valence-corrected chi connectivity index (χ4v) is 2.63. The number of carbonyl (C=O) groups excluding carboxylic acids is 2. The smallest absolute Gasteiger partial charge is 0.227 e. The van der Waals surface area contributed by atoms with Crippen molar-refractivity contribution in [1.29, 1.82) is 0 Å². The summed E-state index contributed by atoms with van der Waals surface area (Å²) in [4.78, 5) is 25.9. The third kappa shape index (κ3) is 2.57. The van der Waals surface area contributed by atoms with Gasteiger partial charge in [-0.1, -0.05) is 30.3 Å². The Bertz CT molecular complexity index is 730. The molecule has 1 fully saturated rings. The van der Waals surface area contributed by atoms with Crippen molar-refractivity contribution >= 4 is 17.4 Å². The van der Waals surface area contributed by atoms with Crippen molar-refractivity contribution in [3.8, 4) is 5.75 Å². The summed E-state index contributed by atoms with van der Waals surface area (Å²) in [5, 5.41) is 9.21. The zero-order chi connectivity index (χ0) is 15.7. The average Bonchev–Trinajstić information content (AvgIpc) is 2.92. The van der Waals surface area contributed by atoms with Crippen LogP contribution in [0.25, 0.3) is 0 Å². The molecule has 2 aromatic rings. The molecule has 0 bridgehead atoms. The van der Waals surface area contributed by atoms with Gasteiger partial charge in [0.2, 0.25) is 5.91 Å². The molecule has 3 rings (SSSR count). The fourth-order valence-electron chi connectivity index (χ4n) is 2.63. The first-order chi connectivity index (χ1) is 10.6. The Labute approximate surface area is 126 Å². The van der Waals surface area contributed by atoms with Crippen molar-refractivity contribution in [3.63, 3.8) is 0 Å². The maximum atomic E-state index is 13.4. The molecule has 1 unspecified atom stereocenters. The lowest BCUT2D eigenvalue weighted by molar-refractivity contribution is -0.117. The summed E-state index contributed by atoms with van der Waals surface area (Å²) < 4.78 is 13.4. The predicted molar refractivity (Wildman–Crippen MR) is 79.3 cm³/mol. The zero-order valence-electron chi connectivity index (χ0n) is 11.7. The number of hydrogen-bond acceptors (Lipinski definition) is 3. The molecule has 1 aliphatic rings. The van der Waals surface area contributed by atoms with E-state index in [9.17, 15) is 19.1 Å². The number of phenols is 1. The SMILES string of the molecule is O=C(c1ccccc1)C1CC(=O)N(c2ccc(O)c(F)c2)C1. The lowest BCUT2D eigenvalue weighted by atomic mass is 9.97. The second-order valence-electron chi connectivity index (χ2n) is 5.27. The average molecular weight is 299 g/mol. The molecule has 0 spiro atoms. The largest absolute Gasteiger partial charge is 0.505 e. The number of Topliss-reactive ketones (excluding diaryl/α,β-unsaturated/α-hetero) is 1. The molecule has 0 saturated carbocycles. The number of anilines is 1. The summed E-state index contributed by atoms with van der Waals surface area (Å²) in [6.07, 6.45) is 0.107. The van der Waals surface area contributed by atoms with Crippen LogP contribution >= 0.6 is 0 Å². The Kier molecular flexibility index (Phi) is 3.63. The van der Waals surface area contributed by atoms with Crippen molar-refractivity contribution < 1.29 is 19.1 Å². The topological polar surface area (TPSA) is 57.6 Å². The number of rotatable bonds is 3. The molecule has 1 aliphatic heterocycles. The maximum absolute atomic E-state index is 13.4. The standard InChI is InChI=1S/C17H14FNO3/c18-14-9-13(6-7-15(14)20)19-10-12(8-16(19)21)17(22)11-4-2-1-3-5-11/h1-7,9,12,20H,8,10H2. The Morgan fingerprint density at radius 1 is 1.18 bits per heavy atom. The van der Waals surface area contributed by atoms with E-state index in [1.54, 1.807) is 24.3 Å². The molecule has 0 aliphatic carbocycles. The fraction of sp³-hybridized carbons (Fsp3) is 0.176. The van der Waals surface area contributed by atoms with Gasteiger partial charge in [0.25, 0.3) is 0 Å². The summed E-state index contributed by atoms with van der Waals surface area (Å²) in [5.74, 6) is -2.00. The van der Waals surface area contributed by atoms with E-state index in [-0.39, 0.29) is 24.7 Å². The van der Waals surface area contributed by atoms with Gasteiger partial charge in [0.15, 0.2) is 17.3 Å². The number of amides is 1. The quantitative estimate of drug-likeness (QED) is 0.887. The number of halogens is 1. The van der Waals surface area contributed by atoms with Gasteiger partial charge in [0.05, 0.1) is 0 Å². The van der Waals surface area contributed by atoms with Crippen LogP contribution in [0.15, 0.2) is 48.5 Å². The number of nitrogens with zero attached hydrogens (tertiary/aromatic N) is 1. The highest BCUT2D eigenvalue weighted by Crippen LogP contribution is 2.29. The van der Waals surface area contributed by atoms with Crippen LogP contribution in [0.1, 0.15) is 16.8 Å². The van der Waals surface area contributed by atoms with E-state index < -0.39 is 17.5 Å². The van der Waals surface area contributed by atoms with Crippen LogP contribution in [-0.4, -0.2) is 23.3 Å². The minimum absolute atomic E-state index is 0.0873. The van der Waals surface area contributed by atoms with E-state index in [2.05, 4.69) is 0 Å². The van der Waals surface area contributed by atoms with Crippen LogP contribution in [0.2, 0.25) is 0 Å². The van der Waals surface area contributed by atoms with E-state index >= 15 is 0 Å². The molecule has 1 atom stereocenters. The molecule has 22 heavy (non-hydrogen) atoms. The molecule has 112 valence electrons. The van der Waals surface area contributed by atoms with E-state index in [1.165, 1.54) is 17.0 Å². The van der Waals surface area contributed by atoms with Crippen LogP contribution in [0.5, 0.6) is 5.75 Å². The lowest BCUT2D eigenvalue weighted by Crippen LogP contribution is -2.25. The number of phenolic OH excluding ortho intramolecular Hbond substituents is 1. The van der Waals surface area contributed by atoms with Gasteiger partial charge in [-0.05, 0) is 12.1 Å². The van der Waals surface area contributed by atoms with Gasteiger partial charge in [0.1, 0.15) is 0 Å². The van der Waals surface area contributed by atoms with Crippen LogP contribution in [0.4, 0.5) is 10.1 Å². The van der Waals surface area contributed by atoms with Crippen LogP contribution in [0.3, 0.4) is 0 Å². The molecule has 1 saturated heterocycles. The van der Waals surface area contributed by atoms with Gasteiger partial charge in [-0.3, -0.25) is 9.59 Å². The molecule has 1 amide bonds. The van der Waals surface area contributed by atoms with Gasteiger partial charge in [-0.2, -0.15) is 0 Å². The number of carbonyl (C=O) groups is 2. The summed E-state index contributed by atoms with van der Waals surface area (Å²) in [6, 6.07) is 12.6. The minimum atomic E-state index is -0.789. The highest BCUT2D eigenvalue weighted by molar-refractivity contribution is 6.06. The molecule has 0 aromatic heterocycles. The summed E-state index contributed by atoms with van der Waals surface area (Å²) in [5.41, 5.74) is 0.919. The van der Waals surface area contributed by atoms with Gasteiger partial charge in [-0.15, -0.1) is 0 Å². The highest BCUT2D eigenvalue weighted by Gasteiger charge is 2.35. The number of ketones is 1. The number of aromatic hydroxyl groups is 1. The molecular formula is C17H14FNO3. The molecule has 1 N–H and O–H groups in total. The van der Waals surface area contributed by atoms with Crippen molar-refractivity contribution in [1.82, 2.24) is 0 Å². The molecule has 4 nitrogen and oxygen atoms in total. The van der Waals surface area contributed by atoms with E-state index in [0.29, 0.717) is 11.3 Å². The summed E-state index contributed by atoms with van der Waals surface area (Å²) in [6.45, 7) is 0.219. The first-order valence-electron chi connectivity index (χ1n) is 6.94. The minimum Gasteiger partial charge on any atom is -0.505 e. The first-order valence-corrected chi connectivity index (χ1v) is 6.94. The molecule has 1 heterocycles. The Morgan fingerprint density at radius 2 is 1.91 bits per heavy atom. The van der Waals surface area contributed by atoms with Crippen LogP contribution < -0.4 is 4.90 Å². The Hall–Kier alpha value is -2.69. The summed E-state index contributed by atoms with van der Waals surface area (Å²) in [7, 11) is 0. The first kappa shape index (κ1) is 14.3. The number of benzene rings is 2. The van der Waals surface area contributed by atoms with Crippen molar-refractivity contribution in [2.45, 2.75) is 6.42 Å². The van der Waals surface area contributed by atoms with Gasteiger partial charge in [0, 0.05) is 36.2 Å². The van der Waals surface area contributed by atoms with Gasteiger partial charge >= 0.3 is 0 Å².